The van der Waals surface area contributed by atoms with Crippen molar-refractivity contribution in [3.63, 3.8) is 0 Å². The number of rotatable bonds is 5. The maximum absolute atomic E-state index is 12.1. The second kappa shape index (κ2) is 6.07. The Kier molecular flexibility index (Phi) is 4.45. The van der Waals surface area contributed by atoms with E-state index in [1.807, 2.05) is 23.1 Å². The first-order valence-electron chi connectivity index (χ1n) is 5.86. The fraction of sp³-hybridized carbons (Fsp3) is 0.462. The van der Waals surface area contributed by atoms with E-state index in [4.69, 9.17) is 0 Å². The fourth-order valence-corrected chi connectivity index (χ4v) is 2.41. The highest BCUT2D eigenvalue weighted by Crippen LogP contribution is 2.10. The van der Waals surface area contributed by atoms with Crippen molar-refractivity contribution in [3.05, 3.63) is 35.9 Å². The minimum atomic E-state index is -0.0424. The van der Waals surface area contributed by atoms with Crippen LogP contribution in [0.5, 0.6) is 0 Å². The van der Waals surface area contributed by atoms with Crippen molar-refractivity contribution in [2.45, 2.75) is 12.5 Å². The van der Waals surface area contributed by atoms with Crippen LogP contribution in [-0.2, 0) is 11.2 Å². The van der Waals surface area contributed by atoms with Gasteiger partial charge in [-0.1, -0.05) is 30.3 Å². The SMILES string of the molecule is CSCCN1CNC(Cc2ccccc2)C1=O. The lowest BCUT2D eigenvalue weighted by molar-refractivity contribution is -0.128. The van der Waals surface area contributed by atoms with Crippen LogP contribution >= 0.6 is 11.8 Å². The number of nitrogens with zero attached hydrogens (tertiary/aromatic N) is 1. The van der Waals surface area contributed by atoms with Crippen LogP contribution in [0.15, 0.2) is 30.3 Å². The Morgan fingerprint density at radius 1 is 1.41 bits per heavy atom. The zero-order chi connectivity index (χ0) is 12.1. The van der Waals surface area contributed by atoms with Crippen LogP contribution in [0.4, 0.5) is 0 Å². The smallest absolute Gasteiger partial charge is 0.241 e. The summed E-state index contributed by atoms with van der Waals surface area (Å²) < 4.78 is 0. The van der Waals surface area contributed by atoms with Gasteiger partial charge in [-0.2, -0.15) is 11.8 Å². The summed E-state index contributed by atoms with van der Waals surface area (Å²) in [7, 11) is 0. The highest BCUT2D eigenvalue weighted by molar-refractivity contribution is 7.98. The van der Waals surface area contributed by atoms with Gasteiger partial charge in [-0.05, 0) is 18.2 Å². The number of hydrogen-bond donors (Lipinski definition) is 1. The van der Waals surface area contributed by atoms with Gasteiger partial charge in [-0.15, -0.1) is 0 Å². The van der Waals surface area contributed by atoms with Gasteiger partial charge in [-0.3, -0.25) is 10.1 Å². The van der Waals surface area contributed by atoms with Gasteiger partial charge in [0.15, 0.2) is 0 Å². The summed E-state index contributed by atoms with van der Waals surface area (Å²) in [6, 6.07) is 10.1. The lowest BCUT2D eigenvalue weighted by Gasteiger charge is -2.14. The van der Waals surface area contributed by atoms with Crippen LogP contribution in [0.25, 0.3) is 0 Å². The standard InChI is InChI=1S/C13H18N2OS/c1-17-8-7-15-10-14-12(13(15)16)9-11-5-3-2-4-6-11/h2-6,12,14H,7-10H2,1H3. The molecule has 3 nitrogen and oxygen atoms in total. The third-order valence-corrected chi connectivity index (χ3v) is 3.58. The predicted octanol–water partition coefficient (Wildman–Crippen LogP) is 1.35. The van der Waals surface area contributed by atoms with Gasteiger partial charge in [0.2, 0.25) is 5.91 Å². The number of amides is 1. The molecule has 0 aliphatic carbocycles. The van der Waals surface area contributed by atoms with E-state index in [9.17, 15) is 4.79 Å². The van der Waals surface area contributed by atoms with E-state index in [2.05, 4.69) is 23.7 Å². The van der Waals surface area contributed by atoms with E-state index in [0.29, 0.717) is 6.67 Å². The lowest BCUT2D eigenvalue weighted by Crippen LogP contribution is -2.33. The summed E-state index contributed by atoms with van der Waals surface area (Å²) in [5.74, 6) is 1.24. The second-order valence-electron chi connectivity index (χ2n) is 4.20. The highest BCUT2D eigenvalue weighted by atomic mass is 32.2. The molecular formula is C13H18N2OS. The molecule has 1 N–H and O–H groups in total. The van der Waals surface area contributed by atoms with Crippen LogP contribution in [0.1, 0.15) is 5.56 Å². The number of carbonyl (C=O) groups is 1. The monoisotopic (exact) mass is 250 g/mol. The largest absolute Gasteiger partial charge is 0.328 e. The molecular weight excluding hydrogens is 232 g/mol. The molecule has 17 heavy (non-hydrogen) atoms. The normalized spacial score (nSPS) is 19.9. The predicted molar refractivity (Wildman–Crippen MR) is 72.0 cm³/mol. The minimum absolute atomic E-state index is 0.0424. The maximum Gasteiger partial charge on any atom is 0.241 e. The summed E-state index contributed by atoms with van der Waals surface area (Å²) in [5, 5.41) is 3.28. The Morgan fingerprint density at radius 3 is 2.88 bits per heavy atom. The van der Waals surface area contributed by atoms with E-state index in [-0.39, 0.29) is 11.9 Å². The number of nitrogens with one attached hydrogen (secondary N) is 1. The minimum Gasteiger partial charge on any atom is -0.328 e. The van der Waals surface area contributed by atoms with Gasteiger partial charge in [0.1, 0.15) is 0 Å². The van der Waals surface area contributed by atoms with Crippen LogP contribution < -0.4 is 5.32 Å². The molecule has 1 fully saturated rings. The Labute approximate surface area is 107 Å². The fourth-order valence-electron chi connectivity index (χ4n) is 2.01. The molecule has 0 spiro atoms. The molecule has 1 aliphatic rings. The van der Waals surface area contributed by atoms with Crippen LogP contribution in [0.2, 0.25) is 0 Å². The summed E-state index contributed by atoms with van der Waals surface area (Å²) >= 11 is 1.77. The quantitative estimate of drug-likeness (QED) is 0.856. The Hall–Kier alpha value is -1.00. The van der Waals surface area contributed by atoms with Crippen LogP contribution in [0.3, 0.4) is 0 Å². The highest BCUT2D eigenvalue weighted by Gasteiger charge is 2.30. The number of benzene rings is 1. The zero-order valence-electron chi connectivity index (χ0n) is 10.1. The van der Waals surface area contributed by atoms with E-state index < -0.39 is 0 Å². The molecule has 2 rings (SSSR count). The molecule has 1 heterocycles. The zero-order valence-corrected chi connectivity index (χ0v) is 10.9. The van der Waals surface area contributed by atoms with Gasteiger partial charge in [-0.25, -0.2) is 0 Å². The first kappa shape index (κ1) is 12.5. The van der Waals surface area contributed by atoms with E-state index in [1.165, 1.54) is 5.56 Å². The van der Waals surface area contributed by atoms with Gasteiger partial charge in [0, 0.05) is 12.3 Å². The van der Waals surface area contributed by atoms with Crippen molar-refractivity contribution in [1.82, 2.24) is 10.2 Å². The summed E-state index contributed by atoms with van der Waals surface area (Å²) in [5.41, 5.74) is 1.21. The third-order valence-electron chi connectivity index (χ3n) is 2.99. The second-order valence-corrected chi connectivity index (χ2v) is 5.18. The molecule has 4 heteroatoms. The van der Waals surface area contributed by atoms with Gasteiger partial charge < -0.3 is 4.90 Å². The first-order valence-corrected chi connectivity index (χ1v) is 7.25. The molecule has 0 saturated carbocycles. The Bertz CT molecular complexity index is 369. The lowest BCUT2D eigenvalue weighted by atomic mass is 10.1. The topological polar surface area (TPSA) is 32.3 Å². The van der Waals surface area contributed by atoms with Crippen molar-refractivity contribution >= 4 is 17.7 Å². The van der Waals surface area contributed by atoms with Crippen LogP contribution in [0, 0.1) is 0 Å². The molecule has 0 radical (unpaired) electrons. The molecule has 1 saturated heterocycles. The molecule has 92 valence electrons. The molecule has 1 aromatic carbocycles. The van der Waals surface area contributed by atoms with Gasteiger partial charge in [0.25, 0.3) is 0 Å². The van der Waals surface area contributed by atoms with Gasteiger partial charge >= 0.3 is 0 Å². The maximum atomic E-state index is 12.1. The molecule has 1 aromatic rings. The Balaban J connectivity index is 1.89. The van der Waals surface area contributed by atoms with Crippen molar-refractivity contribution in [2.75, 3.05) is 25.2 Å². The molecule has 0 aromatic heterocycles. The summed E-state index contributed by atoms with van der Waals surface area (Å²) in [6.07, 6.45) is 2.85. The van der Waals surface area contributed by atoms with E-state index >= 15 is 0 Å². The molecule has 1 amide bonds. The van der Waals surface area contributed by atoms with E-state index in [0.717, 1.165) is 18.7 Å². The first-order chi connectivity index (χ1) is 8.31. The van der Waals surface area contributed by atoms with E-state index in [1.54, 1.807) is 11.8 Å². The Morgan fingerprint density at radius 2 is 2.18 bits per heavy atom. The molecule has 1 atom stereocenters. The number of carbonyl (C=O) groups excluding carboxylic acids is 1. The van der Waals surface area contributed by atoms with Crippen molar-refractivity contribution < 1.29 is 4.79 Å². The van der Waals surface area contributed by atoms with Crippen molar-refractivity contribution in [2.24, 2.45) is 0 Å². The average molecular weight is 250 g/mol. The average Bonchev–Trinajstić information content (AvgIpc) is 2.70. The molecule has 1 aliphatic heterocycles. The summed E-state index contributed by atoms with van der Waals surface area (Å²) in [6.45, 7) is 1.54. The number of thioether (sulfide) groups is 1. The molecule has 0 bridgehead atoms. The molecule has 1 unspecified atom stereocenters. The van der Waals surface area contributed by atoms with Crippen LogP contribution in [-0.4, -0.2) is 42.1 Å². The summed E-state index contributed by atoms with van der Waals surface area (Å²) in [4.78, 5) is 14.0. The number of hydrogen-bond acceptors (Lipinski definition) is 3. The van der Waals surface area contributed by atoms with Crippen molar-refractivity contribution in [3.8, 4) is 0 Å². The third kappa shape index (κ3) is 3.23. The van der Waals surface area contributed by atoms with Gasteiger partial charge in [0.05, 0.1) is 12.7 Å². The van der Waals surface area contributed by atoms with Crippen molar-refractivity contribution in [1.29, 1.82) is 0 Å².